The lowest BCUT2D eigenvalue weighted by atomic mass is 9.95. The van der Waals surface area contributed by atoms with Gasteiger partial charge >= 0.3 is 5.97 Å². The van der Waals surface area contributed by atoms with Crippen molar-refractivity contribution in [3.05, 3.63) is 138 Å². The third-order valence-corrected chi connectivity index (χ3v) is 8.77. The van der Waals surface area contributed by atoms with Crippen LogP contribution in [0, 0.1) is 18.3 Å². The summed E-state index contributed by atoms with van der Waals surface area (Å²) in [5.74, 6) is -0.490. The normalized spacial score (nSPS) is 14.9. The van der Waals surface area contributed by atoms with Crippen molar-refractivity contribution in [2.75, 3.05) is 7.11 Å². The molecule has 0 amide bonds. The minimum absolute atomic E-state index is 0.213. The molecule has 0 radical (unpaired) electrons. The molecule has 42 heavy (non-hydrogen) atoms. The fraction of sp³-hybridized carbons (Fsp3) is 0.176. The summed E-state index contributed by atoms with van der Waals surface area (Å²) < 4.78 is 9.50. The van der Waals surface area contributed by atoms with E-state index >= 15 is 0 Å². The summed E-state index contributed by atoms with van der Waals surface area (Å²) in [6, 6.07) is 26.9. The van der Waals surface area contributed by atoms with Crippen LogP contribution in [-0.4, -0.2) is 22.2 Å². The van der Waals surface area contributed by atoms with Crippen LogP contribution in [0.1, 0.15) is 47.3 Å². The maximum absolute atomic E-state index is 14.1. The van der Waals surface area contributed by atoms with Gasteiger partial charge in [-0.15, -0.1) is 0 Å². The first-order valence-corrected chi connectivity index (χ1v) is 14.5. The Morgan fingerprint density at radius 3 is 2.52 bits per heavy atom. The Bertz CT molecular complexity index is 2110. The molecule has 0 spiro atoms. The van der Waals surface area contributed by atoms with Crippen molar-refractivity contribution in [1.29, 1.82) is 5.26 Å². The Hall–Kier alpha value is -5.00. The van der Waals surface area contributed by atoms with Gasteiger partial charge in [0.2, 0.25) is 0 Å². The number of hydrogen-bond acceptors (Lipinski definition) is 6. The van der Waals surface area contributed by atoms with E-state index in [1.165, 1.54) is 18.4 Å². The highest BCUT2D eigenvalue weighted by atomic mass is 32.1. The first-order valence-electron chi connectivity index (χ1n) is 13.7. The van der Waals surface area contributed by atoms with Crippen LogP contribution in [0.3, 0.4) is 0 Å². The molecular formula is C34H28N4O3S. The van der Waals surface area contributed by atoms with E-state index in [-0.39, 0.29) is 5.56 Å². The van der Waals surface area contributed by atoms with Gasteiger partial charge in [-0.3, -0.25) is 9.36 Å². The van der Waals surface area contributed by atoms with Crippen molar-refractivity contribution in [3.63, 3.8) is 0 Å². The molecule has 0 saturated carbocycles. The highest BCUT2D eigenvalue weighted by Gasteiger charge is 2.33. The predicted molar refractivity (Wildman–Crippen MR) is 164 cm³/mol. The van der Waals surface area contributed by atoms with Crippen LogP contribution in [0.25, 0.3) is 17.0 Å². The standard InChI is InChI=1S/C34H28N4O3S/c1-4-27-30(33(40)41-3)31(22-12-6-5-7-13-22)38-32(39)29(42-34(38)36-27)18-26-21(2)37(28-17-11-10-16-25(26)28)20-24-15-9-8-14-23(24)19-35/h5-18,31H,4,20H2,1-3H3/b29-18+/t31-/m0/s1. The van der Waals surface area contributed by atoms with Crippen molar-refractivity contribution < 1.29 is 9.53 Å². The number of methoxy groups -OCH3 is 1. The smallest absolute Gasteiger partial charge is 0.338 e. The van der Waals surface area contributed by atoms with Crippen LogP contribution >= 0.6 is 11.3 Å². The lowest BCUT2D eigenvalue weighted by molar-refractivity contribution is -0.136. The number of fused-ring (bicyclic) bond motifs is 2. The van der Waals surface area contributed by atoms with Gasteiger partial charge in [0.25, 0.3) is 5.56 Å². The van der Waals surface area contributed by atoms with E-state index in [0.717, 1.165) is 33.3 Å². The second-order valence-electron chi connectivity index (χ2n) is 10.1. The number of ether oxygens (including phenoxy) is 1. The van der Waals surface area contributed by atoms with Crippen molar-refractivity contribution in [2.24, 2.45) is 4.99 Å². The van der Waals surface area contributed by atoms with Crippen LogP contribution in [0.15, 0.2) is 99.9 Å². The van der Waals surface area contributed by atoms with E-state index in [1.807, 2.05) is 86.7 Å². The Morgan fingerprint density at radius 2 is 1.79 bits per heavy atom. The van der Waals surface area contributed by atoms with Crippen LogP contribution in [-0.2, 0) is 16.1 Å². The molecule has 0 saturated heterocycles. The maximum atomic E-state index is 14.1. The quantitative estimate of drug-likeness (QED) is 0.269. The number of carbonyl (C=O) groups excluding carboxylic acids is 1. The molecule has 3 heterocycles. The molecule has 1 aliphatic heterocycles. The molecule has 7 nitrogen and oxygen atoms in total. The third-order valence-electron chi connectivity index (χ3n) is 7.79. The summed E-state index contributed by atoms with van der Waals surface area (Å²) in [4.78, 5) is 32.5. The molecule has 1 atom stereocenters. The lowest BCUT2D eigenvalue weighted by Gasteiger charge is -2.25. The van der Waals surface area contributed by atoms with Gasteiger partial charge in [-0.2, -0.15) is 5.26 Å². The molecule has 0 bridgehead atoms. The molecule has 6 rings (SSSR count). The van der Waals surface area contributed by atoms with Gasteiger partial charge in [-0.25, -0.2) is 9.79 Å². The first kappa shape index (κ1) is 27.2. The number of allylic oxidation sites excluding steroid dienone is 1. The molecule has 1 aliphatic rings. The predicted octanol–water partition coefficient (Wildman–Crippen LogP) is 4.98. The Balaban J connectivity index is 1.57. The summed E-state index contributed by atoms with van der Waals surface area (Å²) in [7, 11) is 1.35. The Kier molecular flexibility index (Phi) is 7.19. The van der Waals surface area contributed by atoms with Gasteiger partial charge in [0.15, 0.2) is 4.80 Å². The van der Waals surface area contributed by atoms with E-state index in [9.17, 15) is 14.9 Å². The summed E-state index contributed by atoms with van der Waals surface area (Å²) in [5, 5.41) is 10.7. The molecule has 3 aromatic carbocycles. The number of nitrogens with zero attached hydrogens (tertiary/aromatic N) is 4. The number of esters is 1. The molecule has 5 aromatic rings. The summed E-state index contributed by atoms with van der Waals surface area (Å²) in [6.07, 6.45) is 2.46. The maximum Gasteiger partial charge on any atom is 0.338 e. The number of thiazole rings is 1. The number of rotatable bonds is 6. The minimum Gasteiger partial charge on any atom is -0.466 e. The summed E-state index contributed by atoms with van der Waals surface area (Å²) in [5.41, 5.74) is 6.11. The number of nitriles is 1. The highest BCUT2D eigenvalue weighted by Crippen LogP contribution is 2.32. The third kappa shape index (κ3) is 4.48. The van der Waals surface area contributed by atoms with E-state index in [2.05, 4.69) is 22.8 Å². The van der Waals surface area contributed by atoms with Crippen molar-refractivity contribution in [3.8, 4) is 6.07 Å². The molecule has 0 aliphatic carbocycles. The van der Waals surface area contributed by atoms with E-state index in [1.54, 1.807) is 4.57 Å². The van der Waals surface area contributed by atoms with Gasteiger partial charge < -0.3 is 9.30 Å². The molecular weight excluding hydrogens is 544 g/mol. The topological polar surface area (TPSA) is 89.4 Å². The van der Waals surface area contributed by atoms with Crippen LogP contribution in [0.4, 0.5) is 0 Å². The SMILES string of the molecule is CCC1=C(C(=O)OC)[C@H](c2ccccc2)n2c(s/c(=C/c3c(C)n(Cc4ccccc4C#N)c4ccccc34)c2=O)=N1. The van der Waals surface area contributed by atoms with Crippen molar-refractivity contribution in [1.82, 2.24) is 9.13 Å². The van der Waals surface area contributed by atoms with Crippen molar-refractivity contribution >= 4 is 34.3 Å². The van der Waals surface area contributed by atoms with E-state index in [4.69, 9.17) is 9.73 Å². The molecule has 0 N–H and O–H groups in total. The van der Waals surface area contributed by atoms with Crippen LogP contribution in [0.2, 0.25) is 0 Å². The largest absolute Gasteiger partial charge is 0.466 e. The van der Waals surface area contributed by atoms with Gasteiger partial charge in [-0.1, -0.05) is 85.0 Å². The lowest BCUT2D eigenvalue weighted by Crippen LogP contribution is -2.40. The van der Waals surface area contributed by atoms with Gasteiger partial charge in [-0.05, 0) is 42.7 Å². The summed E-state index contributed by atoms with van der Waals surface area (Å²) >= 11 is 1.32. The zero-order valence-electron chi connectivity index (χ0n) is 23.5. The van der Waals surface area contributed by atoms with Crippen molar-refractivity contribution in [2.45, 2.75) is 32.9 Å². The Labute approximate surface area is 246 Å². The number of benzene rings is 3. The molecule has 2 aromatic heterocycles. The first-order chi connectivity index (χ1) is 20.5. The second-order valence-corrected chi connectivity index (χ2v) is 11.1. The zero-order chi connectivity index (χ0) is 29.4. The highest BCUT2D eigenvalue weighted by molar-refractivity contribution is 7.07. The van der Waals surface area contributed by atoms with Gasteiger partial charge in [0.05, 0.1) is 40.6 Å². The zero-order valence-corrected chi connectivity index (χ0v) is 24.3. The number of para-hydroxylation sites is 1. The number of carbonyl (C=O) groups is 1. The van der Waals surface area contributed by atoms with Crippen LogP contribution in [0.5, 0.6) is 0 Å². The molecule has 208 valence electrons. The van der Waals surface area contributed by atoms with Crippen LogP contribution < -0.4 is 14.9 Å². The molecule has 8 heteroatoms. The number of aromatic nitrogens is 2. The second kappa shape index (κ2) is 11.1. The fourth-order valence-electron chi connectivity index (χ4n) is 5.73. The molecule has 0 fully saturated rings. The molecule has 0 unspecified atom stereocenters. The van der Waals surface area contributed by atoms with Gasteiger partial charge in [0.1, 0.15) is 0 Å². The van der Waals surface area contributed by atoms with Gasteiger partial charge in [0, 0.05) is 28.7 Å². The van der Waals surface area contributed by atoms with E-state index < -0.39 is 12.0 Å². The average Bonchev–Trinajstić information content (AvgIpc) is 3.48. The summed E-state index contributed by atoms with van der Waals surface area (Å²) in [6.45, 7) is 4.51. The average molecular weight is 573 g/mol. The minimum atomic E-state index is -0.642. The monoisotopic (exact) mass is 572 g/mol. The Morgan fingerprint density at radius 1 is 1.07 bits per heavy atom. The van der Waals surface area contributed by atoms with E-state index in [0.29, 0.717) is 39.1 Å². The fourth-order valence-corrected chi connectivity index (χ4v) is 6.73. The number of hydrogen-bond donors (Lipinski definition) is 0.